The van der Waals surface area contributed by atoms with Crippen molar-refractivity contribution >= 4 is 11.8 Å². The summed E-state index contributed by atoms with van der Waals surface area (Å²) in [7, 11) is 0. The third-order valence-electron chi connectivity index (χ3n) is 7.66. The van der Waals surface area contributed by atoms with Crippen LogP contribution in [0.15, 0.2) is 0 Å². The Bertz CT molecular complexity index is 659. The van der Waals surface area contributed by atoms with Gasteiger partial charge in [-0.2, -0.15) is 0 Å². The Hall–Kier alpha value is -1.22. The minimum atomic E-state index is -0.745. The SMILES string of the molecule is CCC(=O)O.CCOCC(=O)CCCCN1CCOCC1.CCOCCCCCCN1CCOCC1.NCCCN1CCOCC1. The highest BCUT2D eigenvalue weighted by molar-refractivity contribution is 5.79. The van der Waals surface area contributed by atoms with Gasteiger partial charge in [-0.25, -0.2) is 0 Å². The maximum absolute atomic E-state index is 11.3. The van der Waals surface area contributed by atoms with E-state index < -0.39 is 5.97 Å². The lowest BCUT2D eigenvalue weighted by Gasteiger charge is -2.26. The Kier molecular flexibility index (Phi) is 34.2. The molecule has 0 aliphatic carbocycles. The van der Waals surface area contributed by atoms with E-state index in [0.717, 1.165) is 131 Å². The number of carbonyl (C=O) groups is 2. The van der Waals surface area contributed by atoms with Gasteiger partial charge in [0.05, 0.1) is 39.6 Å². The topological polar surface area (TPSA) is 136 Å². The molecule has 0 aromatic heterocycles. The Morgan fingerprint density at radius 1 is 0.630 bits per heavy atom. The van der Waals surface area contributed by atoms with E-state index in [2.05, 4.69) is 21.6 Å². The molecule has 0 saturated carbocycles. The number of carboxylic acid groups (broad SMARTS) is 1. The van der Waals surface area contributed by atoms with Crippen LogP contribution in [0.4, 0.5) is 0 Å². The lowest BCUT2D eigenvalue weighted by Crippen LogP contribution is -2.37. The van der Waals surface area contributed by atoms with Crippen LogP contribution in [-0.2, 0) is 33.3 Å². The van der Waals surface area contributed by atoms with Crippen molar-refractivity contribution in [2.45, 2.75) is 78.6 Å². The van der Waals surface area contributed by atoms with Crippen molar-refractivity contribution in [2.75, 3.05) is 132 Å². The summed E-state index contributed by atoms with van der Waals surface area (Å²) >= 11 is 0. The largest absolute Gasteiger partial charge is 0.481 e. The van der Waals surface area contributed by atoms with Gasteiger partial charge in [0.25, 0.3) is 0 Å². The molecule has 0 radical (unpaired) electrons. The molecule has 3 rings (SSSR count). The number of nitrogens with two attached hydrogens (primary N) is 1. The standard InChI is InChI=1S/C12H23NO3.C12H25NO2.C7H16N2O.C3H6O2/c1-2-15-11-12(14)5-3-4-6-13-7-9-16-10-8-13;1-2-14-10-6-4-3-5-7-13-8-11-15-12-9-13;8-2-1-3-9-4-6-10-7-5-9;1-2-3(4)5/h2-11H2,1H3;2-12H2,1H3;1-8H2;2H2,1H3,(H,4,5). The number of morpholine rings is 3. The third-order valence-corrected chi connectivity index (χ3v) is 7.66. The summed E-state index contributed by atoms with van der Waals surface area (Å²) in [6.45, 7) is 24.4. The van der Waals surface area contributed by atoms with Gasteiger partial charge in [-0.15, -0.1) is 0 Å². The number of hydrogen-bond donors (Lipinski definition) is 2. The van der Waals surface area contributed by atoms with E-state index in [9.17, 15) is 9.59 Å². The molecule has 3 N–H and O–H groups in total. The number of hydrogen-bond acceptors (Lipinski definition) is 11. The van der Waals surface area contributed by atoms with Gasteiger partial charge >= 0.3 is 5.97 Å². The Morgan fingerprint density at radius 3 is 1.46 bits per heavy atom. The number of aliphatic carboxylic acids is 1. The van der Waals surface area contributed by atoms with Crippen LogP contribution in [0.3, 0.4) is 0 Å². The Labute approximate surface area is 280 Å². The highest BCUT2D eigenvalue weighted by Gasteiger charge is 2.11. The van der Waals surface area contributed by atoms with Crippen molar-refractivity contribution in [1.82, 2.24) is 14.7 Å². The van der Waals surface area contributed by atoms with Gasteiger partial charge in [0.1, 0.15) is 6.61 Å². The molecule has 12 heteroatoms. The van der Waals surface area contributed by atoms with Crippen LogP contribution in [0.1, 0.15) is 78.6 Å². The number of unbranched alkanes of at least 4 members (excludes halogenated alkanes) is 4. The van der Waals surface area contributed by atoms with Crippen molar-refractivity contribution in [3.05, 3.63) is 0 Å². The van der Waals surface area contributed by atoms with Crippen LogP contribution in [0.5, 0.6) is 0 Å². The first-order valence-electron chi connectivity index (χ1n) is 18.0. The van der Waals surface area contributed by atoms with Gasteiger partial charge in [0.15, 0.2) is 5.78 Å². The normalized spacial score (nSPS) is 17.5. The predicted molar refractivity (Wildman–Crippen MR) is 184 cm³/mol. The summed E-state index contributed by atoms with van der Waals surface area (Å²) in [5, 5.41) is 7.72. The molecule has 12 nitrogen and oxygen atoms in total. The number of nitrogens with zero attached hydrogens (tertiary/aromatic N) is 3. The number of ketones is 1. The highest BCUT2D eigenvalue weighted by atomic mass is 16.5. The van der Waals surface area contributed by atoms with E-state index >= 15 is 0 Å². The molecule has 0 bridgehead atoms. The highest BCUT2D eigenvalue weighted by Crippen LogP contribution is 2.05. The van der Waals surface area contributed by atoms with Crippen LogP contribution in [0.25, 0.3) is 0 Å². The number of carbonyl (C=O) groups excluding carboxylic acids is 1. The molecule has 0 atom stereocenters. The van der Waals surface area contributed by atoms with Crippen molar-refractivity contribution in [3.8, 4) is 0 Å². The molecule has 46 heavy (non-hydrogen) atoms. The fourth-order valence-electron chi connectivity index (χ4n) is 4.77. The zero-order valence-corrected chi connectivity index (χ0v) is 29.7. The van der Waals surface area contributed by atoms with E-state index in [-0.39, 0.29) is 18.8 Å². The zero-order valence-electron chi connectivity index (χ0n) is 29.7. The molecule has 3 aliphatic rings. The van der Waals surface area contributed by atoms with Gasteiger partial charge in [0.2, 0.25) is 0 Å². The first-order valence-corrected chi connectivity index (χ1v) is 18.0. The maximum Gasteiger partial charge on any atom is 0.303 e. The fraction of sp³-hybridized carbons (Fsp3) is 0.941. The molecule has 274 valence electrons. The zero-order chi connectivity index (χ0) is 33.9. The molecule has 3 fully saturated rings. The van der Waals surface area contributed by atoms with Crippen LogP contribution < -0.4 is 5.73 Å². The first kappa shape index (κ1) is 44.8. The molecule has 3 saturated heterocycles. The third kappa shape index (κ3) is 31.4. The minimum Gasteiger partial charge on any atom is -0.481 e. The van der Waals surface area contributed by atoms with Gasteiger partial charge in [-0.05, 0) is 72.1 Å². The lowest BCUT2D eigenvalue weighted by atomic mass is 10.2. The van der Waals surface area contributed by atoms with Gasteiger partial charge in [-0.3, -0.25) is 24.3 Å². The van der Waals surface area contributed by atoms with E-state index in [1.54, 1.807) is 6.92 Å². The molecular formula is C34H70N4O8. The van der Waals surface area contributed by atoms with Crippen LogP contribution in [0, 0.1) is 0 Å². The molecular weight excluding hydrogens is 592 g/mol. The summed E-state index contributed by atoms with van der Waals surface area (Å²) in [5.41, 5.74) is 5.39. The van der Waals surface area contributed by atoms with Gasteiger partial charge in [0, 0.05) is 71.9 Å². The second-order valence-electron chi connectivity index (χ2n) is 11.5. The molecule has 0 aromatic carbocycles. The van der Waals surface area contributed by atoms with E-state index in [4.69, 9.17) is 34.5 Å². The molecule has 0 aromatic rings. The summed E-state index contributed by atoms with van der Waals surface area (Å²) in [6, 6.07) is 0. The summed E-state index contributed by atoms with van der Waals surface area (Å²) in [5.74, 6) is -0.520. The predicted octanol–water partition coefficient (Wildman–Crippen LogP) is 3.16. The van der Waals surface area contributed by atoms with E-state index in [0.29, 0.717) is 13.0 Å². The van der Waals surface area contributed by atoms with Crippen LogP contribution >= 0.6 is 0 Å². The van der Waals surface area contributed by atoms with Crippen molar-refractivity contribution in [2.24, 2.45) is 5.73 Å². The Balaban J connectivity index is 0.000000627. The first-order chi connectivity index (χ1) is 22.5. The van der Waals surface area contributed by atoms with E-state index in [1.807, 2.05) is 6.92 Å². The van der Waals surface area contributed by atoms with Gasteiger partial charge in [-0.1, -0.05) is 19.8 Å². The molecule has 0 amide bonds. The average Bonchev–Trinajstić information content (AvgIpc) is 3.10. The Morgan fingerprint density at radius 2 is 1.04 bits per heavy atom. The quantitative estimate of drug-likeness (QED) is 0.185. The lowest BCUT2D eigenvalue weighted by molar-refractivity contribution is -0.136. The maximum atomic E-state index is 11.3. The summed E-state index contributed by atoms with van der Waals surface area (Å²) in [4.78, 5) is 28.0. The number of Topliss-reactive ketones (excluding diaryl/α,β-unsaturated/α-hetero) is 1. The summed E-state index contributed by atoms with van der Waals surface area (Å²) in [6.07, 6.45) is 9.25. The second-order valence-corrected chi connectivity index (χ2v) is 11.5. The van der Waals surface area contributed by atoms with Crippen molar-refractivity contribution in [1.29, 1.82) is 0 Å². The molecule has 0 spiro atoms. The molecule has 3 heterocycles. The monoisotopic (exact) mass is 663 g/mol. The van der Waals surface area contributed by atoms with Crippen LogP contribution in [0.2, 0.25) is 0 Å². The fourth-order valence-corrected chi connectivity index (χ4v) is 4.77. The van der Waals surface area contributed by atoms with Gasteiger partial charge < -0.3 is 34.5 Å². The second kappa shape index (κ2) is 35.1. The van der Waals surface area contributed by atoms with Crippen molar-refractivity contribution < 1.29 is 38.4 Å². The van der Waals surface area contributed by atoms with E-state index in [1.165, 1.54) is 32.2 Å². The van der Waals surface area contributed by atoms with Crippen molar-refractivity contribution in [3.63, 3.8) is 0 Å². The number of ether oxygens (including phenoxy) is 5. The molecule has 0 unspecified atom stereocenters. The molecule has 3 aliphatic heterocycles. The minimum absolute atomic E-state index is 0.222. The smallest absolute Gasteiger partial charge is 0.303 e. The number of carboxylic acids is 1. The average molecular weight is 663 g/mol. The number of rotatable bonds is 20. The van der Waals surface area contributed by atoms with Crippen LogP contribution in [-0.4, -0.2) is 163 Å². The summed E-state index contributed by atoms with van der Waals surface area (Å²) < 4.78 is 26.2.